The predicted octanol–water partition coefficient (Wildman–Crippen LogP) is 2.60. The van der Waals surface area contributed by atoms with Gasteiger partial charge in [0.15, 0.2) is 0 Å². The van der Waals surface area contributed by atoms with Gasteiger partial charge in [0.1, 0.15) is 0 Å². The van der Waals surface area contributed by atoms with Crippen LogP contribution in [0.3, 0.4) is 0 Å². The van der Waals surface area contributed by atoms with E-state index in [1.165, 1.54) is 0 Å². The van der Waals surface area contributed by atoms with E-state index in [9.17, 15) is 18.3 Å². The molecule has 0 aromatic carbocycles. The number of rotatable bonds is 2. The molecular formula is C11H20F3NO. The first-order valence-electron chi connectivity index (χ1n) is 5.70. The van der Waals surface area contributed by atoms with Gasteiger partial charge in [-0.05, 0) is 39.0 Å². The summed E-state index contributed by atoms with van der Waals surface area (Å²) in [5.74, 6) is -1.42. The fourth-order valence-corrected chi connectivity index (χ4v) is 2.38. The average Bonchev–Trinajstić information content (AvgIpc) is 2.16. The zero-order chi connectivity index (χ0) is 12.6. The summed E-state index contributed by atoms with van der Waals surface area (Å²) in [6.45, 7) is 3.42. The van der Waals surface area contributed by atoms with Crippen molar-refractivity contribution in [3.8, 4) is 0 Å². The van der Waals surface area contributed by atoms with Gasteiger partial charge in [0.2, 0.25) is 0 Å². The SMILES string of the molecule is CCC(C)(N)C1(O)CCCC(C(F)(F)F)C1. The summed E-state index contributed by atoms with van der Waals surface area (Å²) in [6.07, 6.45) is -3.18. The van der Waals surface area contributed by atoms with Crippen LogP contribution in [-0.2, 0) is 0 Å². The molecule has 0 aromatic rings. The maximum atomic E-state index is 12.6. The van der Waals surface area contributed by atoms with Gasteiger partial charge in [0.05, 0.1) is 11.5 Å². The smallest absolute Gasteiger partial charge is 0.388 e. The third kappa shape index (κ3) is 2.51. The van der Waals surface area contributed by atoms with Crippen molar-refractivity contribution < 1.29 is 18.3 Å². The Hall–Kier alpha value is -0.290. The minimum absolute atomic E-state index is 0.103. The van der Waals surface area contributed by atoms with E-state index in [1.807, 2.05) is 0 Å². The summed E-state index contributed by atoms with van der Waals surface area (Å²) >= 11 is 0. The summed E-state index contributed by atoms with van der Waals surface area (Å²) < 4.78 is 37.9. The Morgan fingerprint density at radius 1 is 1.44 bits per heavy atom. The maximum absolute atomic E-state index is 12.6. The minimum atomic E-state index is -4.22. The average molecular weight is 239 g/mol. The predicted molar refractivity (Wildman–Crippen MR) is 55.8 cm³/mol. The second-order valence-corrected chi connectivity index (χ2v) is 5.14. The van der Waals surface area contributed by atoms with Crippen LogP contribution in [0.15, 0.2) is 0 Å². The zero-order valence-corrected chi connectivity index (χ0v) is 9.77. The molecule has 1 rings (SSSR count). The van der Waals surface area contributed by atoms with Crippen molar-refractivity contribution in [2.75, 3.05) is 0 Å². The highest BCUT2D eigenvalue weighted by molar-refractivity contribution is 5.03. The van der Waals surface area contributed by atoms with Crippen LogP contribution in [-0.4, -0.2) is 22.4 Å². The molecule has 2 nitrogen and oxygen atoms in total. The summed E-state index contributed by atoms with van der Waals surface area (Å²) in [4.78, 5) is 0. The highest BCUT2D eigenvalue weighted by Gasteiger charge is 2.52. The third-order valence-electron chi connectivity index (χ3n) is 3.99. The number of nitrogens with two attached hydrogens (primary N) is 1. The third-order valence-corrected chi connectivity index (χ3v) is 3.99. The molecule has 3 unspecified atom stereocenters. The molecule has 3 N–H and O–H groups in total. The number of halogens is 3. The molecule has 0 radical (unpaired) electrons. The van der Waals surface area contributed by atoms with E-state index in [-0.39, 0.29) is 12.8 Å². The lowest BCUT2D eigenvalue weighted by atomic mass is 9.67. The van der Waals surface area contributed by atoms with Gasteiger partial charge in [-0.25, -0.2) is 0 Å². The van der Waals surface area contributed by atoms with Gasteiger partial charge in [-0.1, -0.05) is 6.92 Å². The Bertz CT molecular complexity index is 252. The fourth-order valence-electron chi connectivity index (χ4n) is 2.38. The summed E-state index contributed by atoms with van der Waals surface area (Å²) in [6, 6.07) is 0. The molecule has 0 heterocycles. The molecule has 1 aliphatic carbocycles. The Morgan fingerprint density at radius 2 is 2.00 bits per heavy atom. The molecule has 96 valence electrons. The Morgan fingerprint density at radius 3 is 2.44 bits per heavy atom. The number of alkyl halides is 3. The second-order valence-electron chi connectivity index (χ2n) is 5.14. The normalized spacial score (nSPS) is 35.8. The Kier molecular flexibility index (Phi) is 3.60. The lowest BCUT2D eigenvalue weighted by Crippen LogP contribution is -2.61. The van der Waals surface area contributed by atoms with E-state index in [2.05, 4.69) is 0 Å². The molecule has 3 atom stereocenters. The van der Waals surface area contributed by atoms with Crippen LogP contribution in [0, 0.1) is 5.92 Å². The summed E-state index contributed by atoms with van der Waals surface area (Å²) in [5, 5.41) is 10.3. The maximum Gasteiger partial charge on any atom is 0.391 e. The van der Waals surface area contributed by atoms with Crippen molar-refractivity contribution in [2.45, 2.75) is 63.3 Å². The summed E-state index contributed by atoms with van der Waals surface area (Å²) in [7, 11) is 0. The van der Waals surface area contributed by atoms with Crippen LogP contribution in [0.5, 0.6) is 0 Å². The van der Waals surface area contributed by atoms with E-state index in [0.717, 1.165) is 0 Å². The molecule has 1 aliphatic rings. The fraction of sp³-hybridized carbons (Fsp3) is 1.00. The quantitative estimate of drug-likeness (QED) is 0.778. The molecule has 0 aromatic heterocycles. The van der Waals surface area contributed by atoms with Crippen LogP contribution in [0.2, 0.25) is 0 Å². The van der Waals surface area contributed by atoms with Crippen molar-refractivity contribution in [3.05, 3.63) is 0 Å². The van der Waals surface area contributed by atoms with Crippen molar-refractivity contribution in [3.63, 3.8) is 0 Å². The van der Waals surface area contributed by atoms with E-state index in [1.54, 1.807) is 13.8 Å². The van der Waals surface area contributed by atoms with Crippen LogP contribution in [0.25, 0.3) is 0 Å². The number of hydrogen-bond donors (Lipinski definition) is 2. The first kappa shape index (κ1) is 13.8. The Balaban J connectivity index is 2.84. The van der Waals surface area contributed by atoms with Crippen LogP contribution in [0.1, 0.15) is 46.0 Å². The van der Waals surface area contributed by atoms with Crippen molar-refractivity contribution >= 4 is 0 Å². The van der Waals surface area contributed by atoms with Gasteiger partial charge in [-0.3, -0.25) is 0 Å². The largest absolute Gasteiger partial charge is 0.391 e. The first-order valence-corrected chi connectivity index (χ1v) is 5.70. The monoisotopic (exact) mass is 239 g/mol. The standard InChI is InChI=1S/C11H20F3NO/c1-3-9(2,15)10(16)6-4-5-8(7-10)11(12,13)14/h8,16H,3-7,15H2,1-2H3. The lowest BCUT2D eigenvalue weighted by molar-refractivity contribution is -0.207. The molecule has 1 saturated carbocycles. The van der Waals surface area contributed by atoms with Gasteiger partial charge in [-0.2, -0.15) is 13.2 Å². The van der Waals surface area contributed by atoms with Gasteiger partial charge in [0, 0.05) is 5.54 Å². The lowest BCUT2D eigenvalue weighted by Gasteiger charge is -2.47. The van der Waals surface area contributed by atoms with Gasteiger partial charge in [0.25, 0.3) is 0 Å². The van der Waals surface area contributed by atoms with E-state index in [4.69, 9.17) is 5.73 Å². The molecule has 0 spiro atoms. The topological polar surface area (TPSA) is 46.2 Å². The molecule has 1 fully saturated rings. The minimum Gasteiger partial charge on any atom is -0.388 e. The highest BCUT2D eigenvalue weighted by atomic mass is 19.4. The highest BCUT2D eigenvalue weighted by Crippen LogP contribution is 2.45. The molecule has 0 saturated heterocycles. The van der Waals surface area contributed by atoms with Gasteiger partial charge < -0.3 is 10.8 Å². The van der Waals surface area contributed by atoms with E-state index >= 15 is 0 Å². The van der Waals surface area contributed by atoms with E-state index in [0.29, 0.717) is 19.3 Å². The van der Waals surface area contributed by atoms with E-state index < -0.39 is 23.2 Å². The van der Waals surface area contributed by atoms with Crippen LogP contribution >= 0.6 is 0 Å². The molecule has 0 aliphatic heterocycles. The summed E-state index contributed by atoms with van der Waals surface area (Å²) in [5.41, 5.74) is 3.58. The van der Waals surface area contributed by atoms with Crippen molar-refractivity contribution in [2.24, 2.45) is 11.7 Å². The van der Waals surface area contributed by atoms with Crippen molar-refractivity contribution in [1.82, 2.24) is 0 Å². The number of hydrogen-bond acceptors (Lipinski definition) is 2. The molecule has 16 heavy (non-hydrogen) atoms. The van der Waals surface area contributed by atoms with Crippen LogP contribution < -0.4 is 5.73 Å². The van der Waals surface area contributed by atoms with Gasteiger partial charge >= 0.3 is 6.18 Å². The van der Waals surface area contributed by atoms with Crippen LogP contribution in [0.4, 0.5) is 13.2 Å². The van der Waals surface area contributed by atoms with Gasteiger partial charge in [-0.15, -0.1) is 0 Å². The molecule has 0 amide bonds. The Labute approximate surface area is 94.0 Å². The first-order chi connectivity index (χ1) is 7.12. The number of aliphatic hydroxyl groups is 1. The molecular weight excluding hydrogens is 219 g/mol. The zero-order valence-electron chi connectivity index (χ0n) is 9.77. The molecule has 5 heteroatoms. The molecule has 0 bridgehead atoms. The second kappa shape index (κ2) is 4.18. The van der Waals surface area contributed by atoms with Crippen molar-refractivity contribution in [1.29, 1.82) is 0 Å².